The first-order valence-electron chi connectivity index (χ1n) is 5.62. The number of hydrogen-bond acceptors (Lipinski definition) is 1. The molecule has 1 N–H and O–H groups in total. The molecule has 0 radical (unpaired) electrons. The Morgan fingerprint density at radius 3 is 2.56 bits per heavy atom. The van der Waals surface area contributed by atoms with Gasteiger partial charge in [0, 0.05) is 11.5 Å². The van der Waals surface area contributed by atoms with Gasteiger partial charge in [0.15, 0.2) is 0 Å². The highest BCUT2D eigenvalue weighted by atomic mass is 16.3. The fourth-order valence-corrected chi connectivity index (χ4v) is 1.56. The van der Waals surface area contributed by atoms with E-state index in [0.717, 1.165) is 11.1 Å². The number of aryl methyl sites for hydroxylation is 1. The van der Waals surface area contributed by atoms with Crippen LogP contribution in [0.5, 0.6) is 5.75 Å². The minimum atomic E-state index is 0.233. The van der Waals surface area contributed by atoms with Gasteiger partial charge in [-0.2, -0.15) is 0 Å². The number of phenolic OH excluding ortho intramolecular Hbond substituents is 1. The Hall–Kier alpha value is -1.50. The highest BCUT2D eigenvalue weighted by molar-refractivity contribution is 5.40. The maximum absolute atomic E-state index is 9.82. The SMILES string of the molecule is CC(C)=C/C=C\[C@H](C)c1ccc(C)cc1O. The summed E-state index contributed by atoms with van der Waals surface area (Å²) in [5.41, 5.74) is 3.34. The van der Waals surface area contributed by atoms with Gasteiger partial charge in [0.05, 0.1) is 0 Å². The Morgan fingerprint density at radius 2 is 2.00 bits per heavy atom. The molecule has 0 aliphatic rings. The van der Waals surface area contributed by atoms with Gasteiger partial charge in [0.2, 0.25) is 0 Å². The van der Waals surface area contributed by atoms with Gasteiger partial charge in [-0.15, -0.1) is 0 Å². The molecule has 1 aromatic carbocycles. The van der Waals surface area contributed by atoms with Crippen LogP contribution in [0, 0.1) is 6.92 Å². The minimum Gasteiger partial charge on any atom is -0.508 e. The first kappa shape index (κ1) is 12.6. The van der Waals surface area contributed by atoms with E-state index in [1.807, 2.05) is 25.1 Å². The van der Waals surface area contributed by atoms with Crippen LogP contribution in [0.4, 0.5) is 0 Å². The molecule has 1 nitrogen and oxygen atoms in total. The highest BCUT2D eigenvalue weighted by Crippen LogP contribution is 2.27. The van der Waals surface area contributed by atoms with Crippen molar-refractivity contribution in [1.82, 2.24) is 0 Å². The lowest BCUT2D eigenvalue weighted by atomic mass is 9.98. The molecule has 0 saturated carbocycles. The summed E-state index contributed by atoms with van der Waals surface area (Å²) in [6.07, 6.45) is 6.21. The van der Waals surface area contributed by atoms with Crippen LogP contribution < -0.4 is 0 Å². The quantitative estimate of drug-likeness (QED) is 0.746. The Labute approximate surface area is 98.1 Å². The summed E-state index contributed by atoms with van der Waals surface area (Å²) in [5.74, 6) is 0.616. The van der Waals surface area contributed by atoms with Gasteiger partial charge >= 0.3 is 0 Å². The number of allylic oxidation sites excluding steroid dienone is 4. The molecular weight excluding hydrogens is 196 g/mol. The third kappa shape index (κ3) is 3.58. The zero-order valence-corrected chi connectivity index (χ0v) is 10.5. The van der Waals surface area contributed by atoms with Crippen LogP contribution in [0.25, 0.3) is 0 Å². The van der Waals surface area contributed by atoms with E-state index in [2.05, 4.69) is 32.9 Å². The van der Waals surface area contributed by atoms with Crippen LogP contribution in [-0.2, 0) is 0 Å². The fourth-order valence-electron chi connectivity index (χ4n) is 1.56. The van der Waals surface area contributed by atoms with E-state index in [9.17, 15) is 5.11 Å². The van der Waals surface area contributed by atoms with Gasteiger partial charge in [0.25, 0.3) is 0 Å². The lowest BCUT2D eigenvalue weighted by molar-refractivity contribution is 0.466. The molecule has 0 unspecified atom stereocenters. The Morgan fingerprint density at radius 1 is 1.31 bits per heavy atom. The molecule has 0 aliphatic carbocycles. The molecule has 86 valence electrons. The largest absolute Gasteiger partial charge is 0.508 e. The Balaban J connectivity index is 2.84. The first-order valence-corrected chi connectivity index (χ1v) is 5.62. The van der Waals surface area contributed by atoms with E-state index in [1.54, 1.807) is 6.07 Å². The molecule has 1 rings (SSSR count). The van der Waals surface area contributed by atoms with Crippen molar-refractivity contribution in [2.45, 2.75) is 33.6 Å². The van der Waals surface area contributed by atoms with Crippen LogP contribution in [0.15, 0.2) is 42.0 Å². The Kier molecular flexibility index (Phi) is 4.36. The molecule has 0 spiro atoms. The van der Waals surface area contributed by atoms with Crippen molar-refractivity contribution in [2.75, 3.05) is 0 Å². The molecule has 0 heterocycles. The Bertz CT molecular complexity index is 409. The number of benzene rings is 1. The summed E-state index contributed by atoms with van der Waals surface area (Å²) in [6, 6.07) is 5.82. The summed E-state index contributed by atoms with van der Waals surface area (Å²) in [4.78, 5) is 0. The van der Waals surface area contributed by atoms with E-state index in [0.29, 0.717) is 5.75 Å². The maximum atomic E-state index is 9.82. The van der Waals surface area contributed by atoms with Gasteiger partial charge in [0.1, 0.15) is 5.75 Å². The zero-order chi connectivity index (χ0) is 12.1. The van der Waals surface area contributed by atoms with Gasteiger partial charge in [-0.05, 0) is 32.4 Å². The maximum Gasteiger partial charge on any atom is 0.119 e. The van der Waals surface area contributed by atoms with Crippen molar-refractivity contribution in [1.29, 1.82) is 0 Å². The predicted octanol–water partition coefficient (Wildman–Crippen LogP) is 4.33. The summed E-state index contributed by atoms with van der Waals surface area (Å²) < 4.78 is 0. The summed E-state index contributed by atoms with van der Waals surface area (Å²) in [6.45, 7) is 8.20. The van der Waals surface area contributed by atoms with Crippen LogP contribution in [0.2, 0.25) is 0 Å². The van der Waals surface area contributed by atoms with E-state index in [-0.39, 0.29) is 5.92 Å². The average molecular weight is 216 g/mol. The van der Waals surface area contributed by atoms with Gasteiger partial charge in [-0.25, -0.2) is 0 Å². The van der Waals surface area contributed by atoms with E-state index in [1.165, 1.54) is 5.57 Å². The van der Waals surface area contributed by atoms with Crippen molar-refractivity contribution in [3.8, 4) is 5.75 Å². The van der Waals surface area contributed by atoms with Crippen molar-refractivity contribution in [3.05, 3.63) is 53.1 Å². The third-order valence-corrected chi connectivity index (χ3v) is 2.51. The number of hydrogen-bond donors (Lipinski definition) is 1. The van der Waals surface area contributed by atoms with Gasteiger partial charge < -0.3 is 5.11 Å². The molecule has 0 bridgehead atoms. The van der Waals surface area contributed by atoms with Crippen molar-refractivity contribution >= 4 is 0 Å². The van der Waals surface area contributed by atoms with E-state index >= 15 is 0 Å². The molecule has 0 aromatic heterocycles. The lowest BCUT2D eigenvalue weighted by Gasteiger charge is -2.09. The topological polar surface area (TPSA) is 20.2 Å². The normalized spacial score (nSPS) is 12.8. The highest BCUT2D eigenvalue weighted by Gasteiger charge is 2.06. The fraction of sp³-hybridized carbons (Fsp3) is 0.333. The van der Waals surface area contributed by atoms with Crippen molar-refractivity contribution in [3.63, 3.8) is 0 Å². The molecule has 16 heavy (non-hydrogen) atoms. The molecule has 1 heteroatoms. The van der Waals surface area contributed by atoms with Gasteiger partial charge in [-0.3, -0.25) is 0 Å². The molecule has 0 fully saturated rings. The van der Waals surface area contributed by atoms with Crippen LogP contribution in [0.1, 0.15) is 37.8 Å². The van der Waals surface area contributed by atoms with E-state index in [4.69, 9.17) is 0 Å². The predicted molar refractivity (Wildman–Crippen MR) is 69.8 cm³/mol. The van der Waals surface area contributed by atoms with Crippen LogP contribution in [0.3, 0.4) is 0 Å². The molecule has 0 amide bonds. The first-order chi connectivity index (χ1) is 7.50. The molecule has 1 atom stereocenters. The number of aromatic hydroxyl groups is 1. The second-order valence-corrected chi connectivity index (χ2v) is 4.48. The summed E-state index contributed by atoms with van der Waals surface area (Å²) >= 11 is 0. The molecular formula is C15H20O. The smallest absolute Gasteiger partial charge is 0.119 e. The second-order valence-electron chi connectivity index (χ2n) is 4.48. The summed E-state index contributed by atoms with van der Waals surface area (Å²) in [7, 11) is 0. The van der Waals surface area contributed by atoms with Gasteiger partial charge in [-0.1, -0.05) is 42.9 Å². The molecule has 1 aromatic rings. The number of phenols is 1. The summed E-state index contributed by atoms with van der Waals surface area (Å²) in [5, 5.41) is 9.82. The molecule has 0 saturated heterocycles. The zero-order valence-electron chi connectivity index (χ0n) is 10.5. The van der Waals surface area contributed by atoms with Crippen LogP contribution in [-0.4, -0.2) is 5.11 Å². The average Bonchev–Trinajstić information content (AvgIpc) is 2.16. The minimum absolute atomic E-state index is 0.233. The molecule has 0 aliphatic heterocycles. The van der Waals surface area contributed by atoms with Crippen molar-refractivity contribution in [2.24, 2.45) is 0 Å². The lowest BCUT2D eigenvalue weighted by Crippen LogP contribution is -1.90. The van der Waals surface area contributed by atoms with E-state index < -0.39 is 0 Å². The standard InChI is InChI=1S/C15H20O/c1-11(2)6-5-7-13(4)14-9-8-12(3)10-15(14)16/h5-10,13,16H,1-4H3/b7-5-/t13-/m0/s1. The van der Waals surface area contributed by atoms with Crippen molar-refractivity contribution < 1.29 is 5.11 Å². The third-order valence-electron chi connectivity index (χ3n) is 2.51. The number of rotatable bonds is 3. The monoisotopic (exact) mass is 216 g/mol. The second kappa shape index (κ2) is 5.55. The van der Waals surface area contributed by atoms with Crippen LogP contribution >= 0.6 is 0 Å².